The Morgan fingerprint density at radius 3 is 2.67 bits per heavy atom. The molecule has 1 aromatic rings. The fourth-order valence-corrected chi connectivity index (χ4v) is 1.68. The van der Waals surface area contributed by atoms with E-state index in [-0.39, 0.29) is 19.6 Å². The molecule has 1 rings (SSSR count). The van der Waals surface area contributed by atoms with Gasteiger partial charge in [0.2, 0.25) is 0 Å². The number of hydrogen-bond acceptors (Lipinski definition) is 4. The summed E-state index contributed by atoms with van der Waals surface area (Å²) in [5.74, 6) is -0.910. The minimum Gasteiger partial charge on any atom is -0.479 e. The highest BCUT2D eigenvalue weighted by Crippen LogP contribution is 2.16. The third-order valence-electron chi connectivity index (χ3n) is 2.96. The molecule has 1 atom stereocenters. The third kappa shape index (κ3) is 6.27. The van der Waals surface area contributed by atoms with Gasteiger partial charge in [0.25, 0.3) is 0 Å². The summed E-state index contributed by atoms with van der Waals surface area (Å²) in [6.07, 6.45) is -2.18. The van der Waals surface area contributed by atoms with E-state index in [0.29, 0.717) is 5.92 Å². The lowest BCUT2D eigenvalue weighted by molar-refractivity contribution is -0.146. The molecule has 0 radical (unpaired) electrons. The topological polar surface area (TPSA) is 95.9 Å². The average Bonchev–Trinajstić information content (AvgIpc) is 2.45. The summed E-state index contributed by atoms with van der Waals surface area (Å²) >= 11 is 0. The molecule has 21 heavy (non-hydrogen) atoms. The Hall–Kier alpha value is -2.08. The minimum absolute atomic E-state index is 0.0400. The van der Waals surface area contributed by atoms with Gasteiger partial charge in [0.1, 0.15) is 6.61 Å². The smallest absolute Gasteiger partial charge is 0.407 e. The number of carboxylic acid groups (broad SMARTS) is 1. The second-order valence-corrected chi connectivity index (χ2v) is 5.05. The van der Waals surface area contributed by atoms with E-state index in [1.54, 1.807) is 0 Å². The zero-order chi connectivity index (χ0) is 15.8. The zero-order valence-electron chi connectivity index (χ0n) is 12.2. The molecule has 0 aliphatic heterocycles. The first-order valence-electron chi connectivity index (χ1n) is 6.80. The van der Waals surface area contributed by atoms with E-state index < -0.39 is 18.2 Å². The summed E-state index contributed by atoms with van der Waals surface area (Å²) in [5, 5.41) is 19.9. The van der Waals surface area contributed by atoms with Gasteiger partial charge in [-0.15, -0.1) is 0 Å². The summed E-state index contributed by atoms with van der Waals surface area (Å²) in [4.78, 5) is 21.8. The maximum Gasteiger partial charge on any atom is 0.407 e. The zero-order valence-corrected chi connectivity index (χ0v) is 12.2. The second-order valence-electron chi connectivity index (χ2n) is 5.05. The summed E-state index contributed by atoms with van der Waals surface area (Å²) in [7, 11) is 0. The van der Waals surface area contributed by atoms with Crippen LogP contribution in [0.3, 0.4) is 0 Å². The number of nitrogens with one attached hydrogen (secondary N) is 1. The highest BCUT2D eigenvalue weighted by molar-refractivity contribution is 5.72. The Kier molecular flexibility index (Phi) is 6.68. The first-order chi connectivity index (χ1) is 9.90. The Morgan fingerprint density at radius 2 is 2.05 bits per heavy atom. The number of carbonyl (C=O) groups is 2. The summed E-state index contributed by atoms with van der Waals surface area (Å²) in [5.41, 5.74) is 2.06. The Balaban J connectivity index is 2.33. The average molecular weight is 295 g/mol. The SMILES string of the molecule is CC(C)c1cccc(COC(=O)NCCC(O)C(=O)O)c1. The Morgan fingerprint density at radius 1 is 1.33 bits per heavy atom. The molecule has 1 unspecified atom stereocenters. The number of ether oxygens (including phenoxy) is 1. The molecule has 0 heterocycles. The summed E-state index contributed by atoms with van der Waals surface area (Å²) in [6, 6.07) is 7.77. The molecular weight excluding hydrogens is 274 g/mol. The van der Waals surface area contributed by atoms with Crippen LogP contribution in [-0.2, 0) is 16.1 Å². The molecule has 0 spiro atoms. The van der Waals surface area contributed by atoms with Crippen molar-refractivity contribution in [3.05, 3.63) is 35.4 Å². The number of benzene rings is 1. The lowest BCUT2D eigenvalue weighted by atomic mass is 10.0. The van der Waals surface area contributed by atoms with Crippen LogP contribution in [0.2, 0.25) is 0 Å². The van der Waals surface area contributed by atoms with Crippen LogP contribution >= 0.6 is 0 Å². The van der Waals surface area contributed by atoms with E-state index in [4.69, 9.17) is 14.9 Å². The molecule has 6 heteroatoms. The quantitative estimate of drug-likeness (QED) is 0.713. The predicted octanol–water partition coefficient (Wildman–Crippen LogP) is 1.87. The van der Waals surface area contributed by atoms with Crippen molar-refractivity contribution in [2.75, 3.05) is 6.54 Å². The lowest BCUT2D eigenvalue weighted by Gasteiger charge is -2.10. The van der Waals surface area contributed by atoms with Crippen molar-refractivity contribution >= 4 is 12.1 Å². The molecule has 0 fully saturated rings. The van der Waals surface area contributed by atoms with Crippen molar-refractivity contribution in [2.24, 2.45) is 0 Å². The molecule has 116 valence electrons. The van der Waals surface area contributed by atoms with Crippen molar-refractivity contribution in [1.82, 2.24) is 5.32 Å². The first kappa shape index (κ1) is 17.0. The van der Waals surface area contributed by atoms with Gasteiger partial charge in [0.15, 0.2) is 6.10 Å². The van der Waals surface area contributed by atoms with E-state index in [9.17, 15) is 9.59 Å². The fraction of sp³-hybridized carbons (Fsp3) is 0.467. The van der Waals surface area contributed by atoms with Crippen LogP contribution in [0.25, 0.3) is 0 Å². The molecule has 0 bridgehead atoms. The van der Waals surface area contributed by atoms with Crippen molar-refractivity contribution in [2.45, 2.75) is 38.9 Å². The summed E-state index contributed by atoms with van der Waals surface area (Å²) in [6.45, 7) is 4.35. The monoisotopic (exact) mass is 295 g/mol. The fourth-order valence-electron chi connectivity index (χ4n) is 1.68. The van der Waals surface area contributed by atoms with Crippen LogP contribution < -0.4 is 5.32 Å². The van der Waals surface area contributed by atoms with Gasteiger partial charge in [-0.2, -0.15) is 0 Å². The van der Waals surface area contributed by atoms with Crippen molar-refractivity contribution < 1.29 is 24.5 Å². The lowest BCUT2D eigenvalue weighted by Crippen LogP contribution is -2.30. The van der Waals surface area contributed by atoms with Gasteiger partial charge < -0.3 is 20.3 Å². The molecule has 6 nitrogen and oxygen atoms in total. The van der Waals surface area contributed by atoms with Crippen LogP contribution in [0, 0.1) is 0 Å². The molecule has 1 aromatic carbocycles. The number of aliphatic carboxylic acids is 1. The van der Waals surface area contributed by atoms with E-state index in [0.717, 1.165) is 5.56 Å². The van der Waals surface area contributed by atoms with Gasteiger partial charge >= 0.3 is 12.1 Å². The van der Waals surface area contributed by atoms with Crippen LogP contribution in [0.5, 0.6) is 0 Å². The maximum atomic E-state index is 11.4. The molecule has 0 aromatic heterocycles. The largest absolute Gasteiger partial charge is 0.479 e. The summed E-state index contributed by atoms with van der Waals surface area (Å²) < 4.78 is 5.03. The van der Waals surface area contributed by atoms with Crippen LogP contribution in [0.15, 0.2) is 24.3 Å². The molecular formula is C15H21NO5. The number of carbonyl (C=O) groups excluding carboxylic acids is 1. The van der Waals surface area contributed by atoms with E-state index in [2.05, 4.69) is 19.2 Å². The first-order valence-corrected chi connectivity index (χ1v) is 6.80. The number of aliphatic hydroxyl groups excluding tert-OH is 1. The predicted molar refractivity (Wildman–Crippen MR) is 77.0 cm³/mol. The number of hydrogen-bond donors (Lipinski definition) is 3. The molecule has 0 aliphatic rings. The normalized spacial score (nSPS) is 12.0. The van der Waals surface area contributed by atoms with Crippen molar-refractivity contribution in [3.63, 3.8) is 0 Å². The van der Waals surface area contributed by atoms with E-state index >= 15 is 0 Å². The van der Waals surface area contributed by atoms with Gasteiger partial charge in [-0.05, 0) is 17.0 Å². The maximum absolute atomic E-state index is 11.4. The number of carboxylic acids is 1. The van der Waals surface area contributed by atoms with Gasteiger partial charge in [-0.25, -0.2) is 9.59 Å². The van der Waals surface area contributed by atoms with Gasteiger partial charge in [0, 0.05) is 13.0 Å². The number of amides is 1. The third-order valence-corrected chi connectivity index (χ3v) is 2.96. The number of alkyl carbamates (subject to hydrolysis) is 1. The Labute approximate surface area is 123 Å². The molecule has 1 amide bonds. The highest BCUT2D eigenvalue weighted by Gasteiger charge is 2.13. The van der Waals surface area contributed by atoms with E-state index in [1.807, 2.05) is 24.3 Å². The van der Waals surface area contributed by atoms with Gasteiger partial charge in [-0.3, -0.25) is 0 Å². The molecule has 0 aliphatic carbocycles. The van der Waals surface area contributed by atoms with Gasteiger partial charge in [0.05, 0.1) is 0 Å². The molecule has 0 saturated heterocycles. The Bertz CT molecular complexity index is 487. The molecule has 0 saturated carbocycles. The van der Waals surface area contributed by atoms with Crippen LogP contribution in [-0.4, -0.2) is 34.9 Å². The van der Waals surface area contributed by atoms with Crippen molar-refractivity contribution in [1.29, 1.82) is 0 Å². The standard InChI is InChI=1S/C15H21NO5/c1-10(2)12-5-3-4-11(8-12)9-21-15(20)16-7-6-13(17)14(18)19/h3-5,8,10,13,17H,6-7,9H2,1-2H3,(H,16,20)(H,18,19). The second kappa shape index (κ2) is 8.26. The number of rotatable bonds is 7. The number of aliphatic hydroxyl groups is 1. The minimum atomic E-state index is -1.48. The van der Waals surface area contributed by atoms with Crippen LogP contribution in [0.1, 0.15) is 37.3 Å². The van der Waals surface area contributed by atoms with E-state index in [1.165, 1.54) is 5.56 Å². The highest BCUT2D eigenvalue weighted by atomic mass is 16.5. The molecule has 3 N–H and O–H groups in total. The van der Waals surface area contributed by atoms with Gasteiger partial charge in [-0.1, -0.05) is 38.1 Å². The van der Waals surface area contributed by atoms with Crippen molar-refractivity contribution in [3.8, 4) is 0 Å². The van der Waals surface area contributed by atoms with Crippen LogP contribution in [0.4, 0.5) is 4.79 Å².